The number of ether oxygens (including phenoxy) is 2. The van der Waals surface area contributed by atoms with Crippen LogP contribution in [0.1, 0.15) is 0 Å². The number of hydrogen-bond acceptors (Lipinski definition) is 7. The van der Waals surface area contributed by atoms with Crippen molar-refractivity contribution in [3.63, 3.8) is 0 Å². The minimum Gasteiger partial charge on any atom is -0.550 e. The molecule has 8 heteroatoms. The van der Waals surface area contributed by atoms with Gasteiger partial charge in [-0.25, -0.2) is 4.98 Å². The van der Waals surface area contributed by atoms with E-state index in [1.54, 1.807) is 19.3 Å². The monoisotopic (exact) mass is 357 g/mol. The minimum absolute atomic E-state index is 0.268. The van der Waals surface area contributed by atoms with Crippen LogP contribution in [0.4, 0.5) is 5.13 Å². The lowest BCUT2D eigenvalue weighted by Gasteiger charge is -2.24. The highest BCUT2D eigenvalue weighted by molar-refractivity contribution is 7.22. The largest absolute Gasteiger partial charge is 0.550 e. The molecule has 3 aliphatic heterocycles. The zero-order chi connectivity index (χ0) is 17.3. The van der Waals surface area contributed by atoms with E-state index in [1.807, 2.05) is 18.2 Å². The van der Waals surface area contributed by atoms with E-state index in [9.17, 15) is 14.7 Å². The maximum atomic E-state index is 12.9. The van der Waals surface area contributed by atoms with Crippen molar-refractivity contribution in [3.8, 4) is 5.75 Å². The normalized spacial score (nSPS) is 32.6. The third kappa shape index (κ3) is 1.86. The highest BCUT2D eigenvalue weighted by Crippen LogP contribution is 2.52. The summed E-state index contributed by atoms with van der Waals surface area (Å²) in [4.78, 5) is 30.5. The molecule has 1 aromatic heterocycles. The number of carbonyl (C=O) groups is 2. The summed E-state index contributed by atoms with van der Waals surface area (Å²) in [7, 11) is 1.58. The molecule has 7 nitrogen and oxygen atoms in total. The molecule has 4 heterocycles. The van der Waals surface area contributed by atoms with E-state index in [0.717, 1.165) is 10.2 Å². The second kappa shape index (κ2) is 4.80. The standard InChI is InChI=1S/C17H14N2O5S/c1-23-8-2-3-11-9(6-8)18-16(25-11)19-7-17-5-4-10(24-17)12(15(21)22)13(17)14(19)20/h2-6,10,12-13H,7H2,1H3,(H,21,22)/p-1/t10-,12-,13-,17+/m0/s1. The highest BCUT2D eigenvalue weighted by Gasteiger charge is 2.65. The summed E-state index contributed by atoms with van der Waals surface area (Å²) < 4.78 is 12.0. The van der Waals surface area contributed by atoms with Crippen LogP contribution in [-0.2, 0) is 14.3 Å². The van der Waals surface area contributed by atoms with Gasteiger partial charge < -0.3 is 19.4 Å². The predicted molar refractivity (Wildman–Crippen MR) is 87.3 cm³/mol. The van der Waals surface area contributed by atoms with Crippen molar-refractivity contribution >= 4 is 38.6 Å². The Kier molecular flexibility index (Phi) is 2.85. The number of nitrogens with zero attached hydrogens (tertiary/aromatic N) is 2. The Labute approximate surface area is 146 Å². The Morgan fingerprint density at radius 2 is 2.36 bits per heavy atom. The van der Waals surface area contributed by atoms with Crippen LogP contribution in [0.2, 0.25) is 0 Å². The number of hydrogen-bond donors (Lipinski definition) is 0. The summed E-state index contributed by atoms with van der Waals surface area (Å²) in [6.07, 6.45) is 2.95. The third-order valence-electron chi connectivity index (χ3n) is 5.19. The molecular weight excluding hydrogens is 344 g/mol. The van der Waals surface area contributed by atoms with Crippen LogP contribution in [0.5, 0.6) is 5.75 Å². The number of methoxy groups -OCH3 is 1. The summed E-state index contributed by atoms with van der Waals surface area (Å²) in [5.74, 6) is -2.53. The number of rotatable bonds is 3. The van der Waals surface area contributed by atoms with E-state index >= 15 is 0 Å². The number of aromatic nitrogens is 1. The van der Waals surface area contributed by atoms with Crippen LogP contribution in [0.3, 0.4) is 0 Å². The minimum atomic E-state index is -1.24. The number of benzene rings is 1. The van der Waals surface area contributed by atoms with Gasteiger partial charge in [0, 0.05) is 18.0 Å². The Morgan fingerprint density at radius 1 is 1.52 bits per heavy atom. The molecule has 1 aromatic carbocycles. The molecule has 1 amide bonds. The summed E-state index contributed by atoms with van der Waals surface area (Å²) in [6, 6.07) is 5.53. The van der Waals surface area contributed by atoms with Crippen LogP contribution in [0, 0.1) is 11.8 Å². The number of fused-ring (bicyclic) bond motifs is 2. The summed E-state index contributed by atoms with van der Waals surface area (Å²) in [5.41, 5.74) is -0.152. The summed E-state index contributed by atoms with van der Waals surface area (Å²) >= 11 is 1.38. The number of thiazole rings is 1. The smallest absolute Gasteiger partial charge is 0.236 e. The number of carbonyl (C=O) groups excluding carboxylic acids is 2. The molecule has 1 spiro atoms. The predicted octanol–water partition coefficient (Wildman–Crippen LogP) is 0.341. The lowest BCUT2D eigenvalue weighted by atomic mass is 9.77. The van der Waals surface area contributed by atoms with Crippen LogP contribution >= 0.6 is 11.3 Å². The molecule has 128 valence electrons. The van der Waals surface area contributed by atoms with E-state index in [-0.39, 0.29) is 12.5 Å². The Hall–Kier alpha value is -2.45. The fraction of sp³-hybridized carbons (Fsp3) is 0.353. The van der Waals surface area contributed by atoms with Gasteiger partial charge in [-0.05, 0) is 12.1 Å². The van der Waals surface area contributed by atoms with Gasteiger partial charge in [0.05, 0.1) is 35.9 Å². The molecule has 2 fully saturated rings. The van der Waals surface area contributed by atoms with Gasteiger partial charge in [-0.15, -0.1) is 0 Å². The lowest BCUT2D eigenvalue weighted by molar-refractivity contribution is -0.313. The zero-order valence-corrected chi connectivity index (χ0v) is 14.0. The molecule has 2 aromatic rings. The lowest BCUT2D eigenvalue weighted by Crippen LogP contribution is -2.45. The number of amides is 1. The van der Waals surface area contributed by atoms with Crippen molar-refractivity contribution in [1.29, 1.82) is 0 Å². The summed E-state index contributed by atoms with van der Waals surface area (Å²) in [6.45, 7) is 0.268. The fourth-order valence-corrected chi connectivity index (χ4v) is 5.02. The first-order valence-electron chi connectivity index (χ1n) is 7.86. The van der Waals surface area contributed by atoms with Gasteiger partial charge in [-0.1, -0.05) is 23.5 Å². The molecule has 25 heavy (non-hydrogen) atoms. The van der Waals surface area contributed by atoms with Crippen molar-refractivity contribution in [2.75, 3.05) is 18.6 Å². The van der Waals surface area contributed by atoms with Crippen molar-refractivity contribution in [3.05, 3.63) is 30.4 Å². The van der Waals surface area contributed by atoms with Crippen molar-refractivity contribution in [2.45, 2.75) is 11.7 Å². The van der Waals surface area contributed by atoms with Gasteiger partial charge in [-0.3, -0.25) is 9.69 Å². The first kappa shape index (κ1) is 14.9. The van der Waals surface area contributed by atoms with Crippen LogP contribution in [0.25, 0.3) is 10.2 Å². The maximum Gasteiger partial charge on any atom is 0.236 e. The molecule has 0 aliphatic carbocycles. The molecule has 2 saturated heterocycles. The number of aliphatic carboxylic acids is 1. The molecule has 5 rings (SSSR count). The molecule has 0 saturated carbocycles. The van der Waals surface area contributed by atoms with E-state index in [4.69, 9.17) is 9.47 Å². The van der Waals surface area contributed by atoms with E-state index in [1.165, 1.54) is 16.2 Å². The second-order valence-corrected chi connectivity index (χ2v) is 7.48. The van der Waals surface area contributed by atoms with Crippen molar-refractivity contribution in [2.24, 2.45) is 11.8 Å². The van der Waals surface area contributed by atoms with E-state index < -0.39 is 29.5 Å². The van der Waals surface area contributed by atoms with Crippen LogP contribution in [-0.4, -0.2) is 42.2 Å². The molecule has 2 bridgehead atoms. The molecule has 0 N–H and O–H groups in total. The number of carboxylic acids is 1. The number of anilines is 1. The van der Waals surface area contributed by atoms with Crippen molar-refractivity contribution < 1.29 is 24.2 Å². The van der Waals surface area contributed by atoms with Gasteiger partial charge in [0.1, 0.15) is 11.4 Å². The molecule has 0 unspecified atom stereocenters. The Morgan fingerprint density at radius 3 is 3.12 bits per heavy atom. The summed E-state index contributed by atoms with van der Waals surface area (Å²) in [5, 5.41) is 12.0. The van der Waals surface area contributed by atoms with Crippen molar-refractivity contribution in [1.82, 2.24) is 4.98 Å². The van der Waals surface area contributed by atoms with E-state index in [2.05, 4.69) is 4.98 Å². The average Bonchev–Trinajstić information content (AvgIpc) is 3.32. The maximum absolute atomic E-state index is 12.9. The van der Waals surface area contributed by atoms with Crippen LogP contribution < -0.4 is 14.7 Å². The first-order valence-corrected chi connectivity index (χ1v) is 8.68. The third-order valence-corrected chi connectivity index (χ3v) is 6.25. The zero-order valence-electron chi connectivity index (χ0n) is 13.2. The van der Waals surface area contributed by atoms with Gasteiger partial charge >= 0.3 is 0 Å². The van der Waals surface area contributed by atoms with Gasteiger partial charge in [0.25, 0.3) is 0 Å². The first-order chi connectivity index (χ1) is 12.0. The highest BCUT2D eigenvalue weighted by atomic mass is 32.1. The Balaban J connectivity index is 1.55. The topological polar surface area (TPSA) is 91.8 Å². The van der Waals surface area contributed by atoms with Gasteiger partial charge in [-0.2, -0.15) is 0 Å². The molecule has 0 radical (unpaired) electrons. The average molecular weight is 357 g/mol. The second-order valence-electron chi connectivity index (χ2n) is 6.47. The molecular formula is C17H13N2O5S-. The Bertz CT molecular complexity index is 954. The number of carboxylic acid groups (broad SMARTS) is 1. The van der Waals surface area contributed by atoms with Gasteiger partial charge in [0.2, 0.25) is 5.91 Å². The quantitative estimate of drug-likeness (QED) is 0.736. The SMILES string of the molecule is COc1ccc2sc(N3C[C@@]45C=C[C@H](O4)[C@H](C(=O)[O-])[C@H]5C3=O)nc2c1. The molecule has 4 atom stereocenters. The molecule has 3 aliphatic rings. The van der Waals surface area contributed by atoms with Crippen LogP contribution in [0.15, 0.2) is 30.4 Å². The fourth-order valence-electron chi connectivity index (χ4n) is 4.07. The van der Waals surface area contributed by atoms with Gasteiger partial charge in [0.15, 0.2) is 5.13 Å². The van der Waals surface area contributed by atoms with E-state index in [0.29, 0.717) is 10.9 Å².